The normalized spacial score (nSPS) is 16.1. The van der Waals surface area contributed by atoms with Crippen molar-refractivity contribution in [3.8, 4) is 0 Å². The largest absolute Gasteiger partial charge is 0.330 e. The van der Waals surface area contributed by atoms with Gasteiger partial charge in [-0.25, -0.2) is 0 Å². The summed E-state index contributed by atoms with van der Waals surface area (Å²) in [7, 11) is 0. The van der Waals surface area contributed by atoms with Gasteiger partial charge in [-0.05, 0) is 68.0 Å². The smallest absolute Gasteiger partial charge is 0.252 e. The Bertz CT molecular complexity index is 656. The molecule has 2 heterocycles. The number of hydrogen-bond acceptors (Lipinski definition) is 3. The van der Waals surface area contributed by atoms with Gasteiger partial charge in [0.05, 0.1) is 0 Å². The molecule has 3 rings (SSSR count). The number of pyridine rings is 1. The molecule has 0 atom stereocenters. The second-order valence-corrected chi connectivity index (χ2v) is 5.57. The number of aromatic amines is 1. The van der Waals surface area contributed by atoms with Crippen LogP contribution in [0, 0.1) is 0 Å². The van der Waals surface area contributed by atoms with Crippen LogP contribution in [0.3, 0.4) is 0 Å². The molecule has 106 valence electrons. The third-order valence-electron chi connectivity index (χ3n) is 4.01. The average molecular weight is 271 g/mol. The summed E-state index contributed by atoms with van der Waals surface area (Å²) >= 11 is 0. The van der Waals surface area contributed by atoms with Crippen LogP contribution in [0.15, 0.2) is 29.1 Å². The molecule has 1 aromatic carbocycles. The molecule has 0 aliphatic carbocycles. The van der Waals surface area contributed by atoms with Crippen molar-refractivity contribution in [2.75, 3.05) is 19.6 Å². The van der Waals surface area contributed by atoms with Crippen LogP contribution in [0.2, 0.25) is 0 Å². The number of nitrogens with two attached hydrogens (primary N) is 1. The zero-order chi connectivity index (χ0) is 13.9. The first-order valence-electron chi connectivity index (χ1n) is 7.33. The van der Waals surface area contributed by atoms with Crippen molar-refractivity contribution >= 4 is 10.9 Å². The lowest BCUT2D eigenvalue weighted by molar-refractivity contribution is 0.330. The van der Waals surface area contributed by atoms with Crippen molar-refractivity contribution in [3.63, 3.8) is 0 Å². The Morgan fingerprint density at radius 3 is 2.75 bits per heavy atom. The first-order chi connectivity index (χ1) is 9.76. The highest BCUT2D eigenvalue weighted by atomic mass is 16.1. The highest BCUT2D eigenvalue weighted by molar-refractivity contribution is 5.79. The fourth-order valence-electron chi connectivity index (χ4n) is 2.92. The maximum atomic E-state index is 12.1. The van der Waals surface area contributed by atoms with Crippen molar-refractivity contribution in [2.24, 2.45) is 5.73 Å². The van der Waals surface area contributed by atoms with E-state index in [2.05, 4.69) is 16.0 Å². The molecule has 4 heteroatoms. The van der Waals surface area contributed by atoms with Gasteiger partial charge < -0.3 is 10.7 Å². The zero-order valence-electron chi connectivity index (χ0n) is 11.7. The second-order valence-electron chi connectivity index (χ2n) is 5.57. The minimum absolute atomic E-state index is 0.0379. The minimum Gasteiger partial charge on any atom is -0.330 e. The maximum Gasteiger partial charge on any atom is 0.252 e. The molecule has 1 aromatic heterocycles. The summed E-state index contributed by atoms with van der Waals surface area (Å²) in [6.07, 6.45) is 3.36. The van der Waals surface area contributed by atoms with E-state index in [0.717, 1.165) is 42.5 Å². The van der Waals surface area contributed by atoms with Gasteiger partial charge in [0.2, 0.25) is 0 Å². The lowest BCUT2D eigenvalue weighted by Crippen LogP contribution is -2.24. The van der Waals surface area contributed by atoms with Crippen LogP contribution in [0.5, 0.6) is 0 Å². The minimum atomic E-state index is 0.0379. The quantitative estimate of drug-likeness (QED) is 0.888. The summed E-state index contributed by atoms with van der Waals surface area (Å²) < 4.78 is 0. The highest BCUT2D eigenvalue weighted by Gasteiger charge is 2.14. The maximum absolute atomic E-state index is 12.1. The Kier molecular flexibility index (Phi) is 3.85. The summed E-state index contributed by atoms with van der Waals surface area (Å²) in [4.78, 5) is 17.5. The molecule has 1 aliphatic rings. The van der Waals surface area contributed by atoms with Crippen LogP contribution >= 0.6 is 0 Å². The van der Waals surface area contributed by atoms with E-state index < -0.39 is 0 Å². The standard InChI is InChI=1S/C16H21N3O/c17-6-5-12-3-4-15-13(9-12)10-14(16(20)18-15)11-19-7-1-2-8-19/h3-4,9-10H,1-2,5-8,11,17H2,(H,18,20). The van der Waals surface area contributed by atoms with Gasteiger partial charge in [0.25, 0.3) is 5.56 Å². The Morgan fingerprint density at radius 1 is 1.20 bits per heavy atom. The second kappa shape index (κ2) is 5.77. The Balaban J connectivity index is 1.94. The van der Waals surface area contributed by atoms with Crippen molar-refractivity contribution in [1.29, 1.82) is 0 Å². The molecule has 1 fully saturated rings. The molecule has 20 heavy (non-hydrogen) atoms. The molecule has 0 radical (unpaired) electrons. The molecule has 0 saturated carbocycles. The van der Waals surface area contributed by atoms with E-state index in [1.807, 2.05) is 18.2 Å². The Hall–Kier alpha value is -1.65. The number of rotatable bonds is 4. The van der Waals surface area contributed by atoms with E-state index in [1.54, 1.807) is 0 Å². The van der Waals surface area contributed by atoms with Crippen LogP contribution in [-0.2, 0) is 13.0 Å². The number of nitrogens with one attached hydrogen (secondary N) is 1. The van der Waals surface area contributed by atoms with Gasteiger partial charge in [-0.1, -0.05) is 6.07 Å². The number of nitrogens with zero attached hydrogens (tertiary/aromatic N) is 1. The number of likely N-dealkylation sites (tertiary alicyclic amines) is 1. The fraction of sp³-hybridized carbons (Fsp3) is 0.438. The monoisotopic (exact) mass is 271 g/mol. The SMILES string of the molecule is NCCc1ccc2[nH]c(=O)c(CN3CCCC3)cc2c1. The zero-order valence-corrected chi connectivity index (χ0v) is 11.7. The van der Waals surface area contributed by atoms with Crippen molar-refractivity contribution in [1.82, 2.24) is 9.88 Å². The van der Waals surface area contributed by atoms with E-state index in [1.165, 1.54) is 18.4 Å². The molecule has 0 amide bonds. The Morgan fingerprint density at radius 2 is 2.00 bits per heavy atom. The predicted octanol–water partition coefficient (Wildman–Crippen LogP) is 1.63. The summed E-state index contributed by atoms with van der Waals surface area (Å²) in [5, 5.41) is 1.10. The van der Waals surface area contributed by atoms with Crippen LogP contribution in [0.1, 0.15) is 24.0 Å². The van der Waals surface area contributed by atoms with Gasteiger partial charge >= 0.3 is 0 Å². The molecule has 3 N–H and O–H groups in total. The Labute approximate surface area is 118 Å². The van der Waals surface area contributed by atoms with Gasteiger partial charge in [0.1, 0.15) is 0 Å². The molecule has 4 nitrogen and oxygen atoms in total. The van der Waals surface area contributed by atoms with Crippen LogP contribution in [0.25, 0.3) is 10.9 Å². The molecule has 0 bridgehead atoms. The van der Waals surface area contributed by atoms with Crippen molar-refractivity contribution < 1.29 is 0 Å². The predicted molar refractivity (Wildman–Crippen MR) is 81.8 cm³/mol. The molecular weight excluding hydrogens is 250 g/mol. The number of benzene rings is 1. The van der Waals surface area contributed by atoms with E-state index in [0.29, 0.717) is 6.54 Å². The van der Waals surface area contributed by atoms with Crippen LogP contribution < -0.4 is 11.3 Å². The summed E-state index contributed by atoms with van der Waals surface area (Å²) in [5.74, 6) is 0. The van der Waals surface area contributed by atoms with E-state index in [4.69, 9.17) is 5.73 Å². The van der Waals surface area contributed by atoms with Gasteiger partial charge in [-0.3, -0.25) is 9.69 Å². The van der Waals surface area contributed by atoms with Gasteiger partial charge in [0.15, 0.2) is 0 Å². The van der Waals surface area contributed by atoms with Crippen molar-refractivity contribution in [3.05, 3.63) is 45.7 Å². The highest BCUT2D eigenvalue weighted by Crippen LogP contribution is 2.16. The number of hydrogen-bond donors (Lipinski definition) is 2. The van der Waals surface area contributed by atoms with E-state index >= 15 is 0 Å². The molecular formula is C16H21N3O. The summed E-state index contributed by atoms with van der Waals surface area (Å²) in [6, 6.07) is 8.17. The van der Waals surface area contributed by atoms with Crippen molar-refractivity contribution in [2.45, 2.75) is 25.8 Å². The topological polar surface area (TPSA) is 62.1 Å². The molecule has 2 aromatic rings. The number of aromatic nitrogens is 1. The van der Waals surface area contributed by atoms with Gasteiger partial charge in [0, 0.05) is 17.6 Å². The molecule has 0 spiro atoms. The fourth-order valence-corrected chi connectivity index (χ4v) is 2.92. The molecule has 1 saturated heterocycles. The average Bonchev–Trinajstić information content (AvgIpc) is 2.93. The summed E-state index contributed by atoms with van der Waals surface area (Å²) in [5.41, 5.74) is 8.63. The molecule has 1 aliphatic heterocycles. The van der Waals surface area contributed by atoms with Crippen LogP contribution in [-0.4, -0.2) is 29.5 Å². The lowest BCUT2D eigenvalue weighted by atomic mass is 10.1. The van der Waals surface area contributed by atoms with Crippen LogP contribution in [0.4, 0.5) is 0 Å². The first-order valence-corrected chi connectivity index (χ1v) is 7.33. The third kappa shape index (κ3) is 2.76. The number of fused-ring (bicyclic) bond motifs is 1. The van der Waals surface area contributed by atoms with E-state index in [9.17, 15) is 4.79 Å². The first kappa shape index (κ1) is 13.3. The molecule has 0 unspecified atom stereocenters. The van der Waals surface area contributed by atoms with Gasteiger partial charge in [-0.2, -0.15) is 0 Å². The van der Waals surface area contributed by atoms with E-state index in [-0.39, 0.29) is 5.56 Å². The third-order valence-corrected chi connectivity index (χ3v) is 4.01. The number of H-pyrrole nitrogens is 1. The summed E-state index contributed by atoms with van der Waals surface area (Å²) in [6.45, 7) is 3.61. The van der Waals surface area contributed by atoms with Gasteiger partial charge in [-0.15, -0.1) is 0 Å². The lowest BCUT2D eigenvalue weighted by Gasteiger charge is -2.14.